The van der Waals surface area contributed by atoms with Crippen LogP contribution < -0.4 is 4.90 Å². The van der Waals surface area contributed by atoms with Crippen molar-refractivity contribution in [3.63, 3.8) is 0 Å². The highest BCUT2D eigenvalue weighted by atomic mass is 35.5. The van der Waals surface area contributed by atoms with Crippen LogP contribution in [0.4, 0.5) is 5.95 Å². The van der Waals surface area contributed by atoms with E-state index in [0.29, 0.717) is 11.1 Å². The van der Waals surface area contributed by atoms with Gasteiger partial charge >= 0.3 is 0 Å². The Hall–Kier alpha value is -1.17. The van der Waals surface area contributed by atoms with E-state index in [2.05, 4.69) is 31.2 Å². The Kier molecular flexibility index (Phi) is 4.03. The predicted octanol–water partition coefficient (Wildman–Crippen LogP) is 3.22. The zero-order valence-electron chi connectivity index (χ0n) is 12.4. The maximum atomic E-state index is 5.86. The predicted molar refractivity (Wildman–Crippen MR) is 90.7 cm³/mol. The fourth-order valence-electron chi connectivity index (χ4n) is 3.48. The van der Waals surface area contributed by atoms with Crippen molar-refractivity contribution in [2.24, 2.45) is 0 Å². The number of hydrogen-bond acceptors (Lipinski definition) is 5. The molecule has 0 atom stereocenters. The first kappa shape index (κ1) is 14.4. The minimum atomic E-state index is 0.596. The molecule has 0 saturated carbocycles. The molecule has 4 nitrogen and oxygen atoms in total. The van der Waals surface area contributed by atoms with E-state index < -0.39 is 0 Å². The highest BCUT2D eigenvalue weighted by Gasteiger charge is 2.28. The first-order chi connectivity index (χ1) is 10.8. The van der Waals surface area contributed by atoms with E-state index in [4.69, 9.17) is 11.6 Å². The van der Waals surface area contributed by atoms with Gasteiger partial charge in [0.15, 0.2) is 0 Å². The average molecular weight is 335 g/mol. The lowest BCUT2D eigenvalue weighted by Gasteiger charge is -2.40. The van der Waals surface area contributed by atoms with E-state index in [9.17, 15) is 0 Å². The minimum absolute atomic E-state index is 0.596. The summed E-state index contributed by atoms with van der Waals surface area (Å²) in [5.41, 5.74) is 1.54. The molecule has 0 radical (unpaired) electrons. The number of nitrogens with zero attached hydrogens (tertiary/aromatic N) is 4. The molecule has 0 bridgehead atoms. The Labute approximate surface area is 139 Å². The maximum Gasteiger partial charge on any atom is 0.225 e. The monoisotopic (exact) mass is 334 g/mol. The van der Waals surface area contributed by atoms with Crippen molar-refractivity contribution in [2.75, 3.05) is 24.5 Å². The number of halogens is 1. The molecule has 0 N–H and O–H groups in total. The molecule has 0 spiro atoms. The molecule has 0 aromatic carbocycles. The number of anilines is 1. The summed E-state index contributed by atoms with van der Waals surface area (Å²) >= 11 is 7.77. The van der Waals surface area contributed by atoms with Crippen LogP contribution in [0.25, 0.3) is 0 Å². The summed E-state index contributed by atoms with van der Waals surface area (Å²) in [7, 11) is 0. The third-order valence-corrected chi connectivity index (χ3v) is 5.93. The van der Waals surface area contributed by atoms with E-state index in [-0.39, 0.29) is 0 Å². The van der Waals surface area contributed by atoms with Crippen LogP contribution in [0.5, 0.6) is 0 Å². The Balaban J connectivity index is 1.37. The van der Waals surface area contributed by atoms with Crippen molar-refractivity contribution in [1.82, 2.24) is 14.9 Å². The van der Waals surface area contributed by atoms with Crippen LogP contribution in [0.2, 0.25) is 5.02 Å². The second-order valence-corrected chi connectivity index (χ2v) is 7.45. The zero-order valence-corrected chi connectivity index (χ0v) is 14.0. The smallest absolute Gasteiger partial charge is 0.225 e. The molecule has 2 aromatic heterocycles. The summed E-state index contributed by atoms with van der Waals surface area (Å²) in [6.45, 7) is 4.38. The molecule has 2 aliphatic heterocycles. The van der Waals surface area contributed by atoms with Crippen molar-refractivity contribution in [2.45, 2.75) is 31.8 Å². The molecule has 116 valence electrons. The summed E-state index contributed by atoms with van der Waals surface area (Å²) in [6.07, 6.45) is 6.95. The number of fused-ring (bicyclic) bond motifs is 1. The average Bonchev–Trinajstić information content (AvgIpc) is 3.03. The highest BCUT2D eigenvalue weighted by Crippen LogP contribution is 2.28. The van der Waals surface area contributed by atoms with Crippen LogP contribution in [-0.2, 0) is 13.0 Å². The van der Waals surface area contributed by atoms with E-state index >= 15 is 0 Å². The van der Waals surface area contributed by atoms with Gasteiger partial charge in [-0.1, -0.05) is 11.6 Å². The topological polar surface area (TPSA) is 32.3 Å². The number of thiophene rings is 1. The molecule has 0 amide bonds. The van der Waals surface area contributed by atoms with Gasteiger partial charge in [-0.3, -0.25) is 4.90 Å². The van der Waals surface area contributed by atoms with Crippen LogP contribution >= 0.6 is 22.9 Å². The first-order valence-electron chi connectivity index (χ1n) is 7.81. The van der Waals surface area contributed by atoms with Crippen LogP contribution in [0.15, 0.2) is 23.8 Å². The van der Waals surface area contributed by atoms with Gasteiger partial charge in [-0.2, -0.15) is 0 Å². The summed E-state index contributed by atoms with van der Waals surface area (Å²) < 4.78 is 0. The standard InChI is InChI=1S/C16H19ClN4S/c17-13-9-18-16(19-10-13)20-5-1-14(2-6-20)21-7-3-15-12(11-21)4-8-22-15/h4,8-10,14H,1-3,5-7,11H2. The van der Waals surface area contributed by atoms with Crippen molar-refractivity contribution in [1.29, 1.82) is 0 Å². The summed E-state index contributed by atoms with van der Waals surface area (Å²) in [6, 6.07) is 2.99. The summed E-state index contributed by atoms with van der Waals surface area (Å²) in [5.74, 6) is 0.807. The van der Waals surface area contributed by atoms with Gasteiger partial charge in [-0.05, 0) is 36.3 Å². The molecule has 4 heterocycles. The van der Waals surface area contributed by atoms with Gasteiger partial charge in [-0.25, -0.2) is 9.97 Å². The highest BCUT2D eigenvalue weighted by molar-refractivity contribution is 7.10. The van der Waals surface area contributed by atoms with E-state index in [1.807, 2.05) is 11.3 Å². The molecule has 0 unspecified atom stereocenters. The molecule has 4 rings (SSSR count). The quantitative estimate of drug-likeness (QED) is 0.844. The van der Waals surface area contributed by atoms with Gasteiger partial charge in [-0.15, -0.1) is 11.3 Å². The van der Waals surface area contributed by atoms with E-state index in [1.165, 1.54) is 25.8 Å². The SMILES string of the molecule is Clc1cnc(N2CCC(N3CCc4sccc4C3)CC2)nc1. The molecule has 2 aliphatic rings. The molecule has 6 heteroatoms. The summed E-state index contributed by atoms with van der Waals surface area (Å²) in [5, 5.41) is 2.83. The lowest BCUT2D eigenvalue weighted by molar-refractivity contribution is 0.154. The van der Waals surface area contributed by atoms with Crippen molar-refractivity contribution >= 4 is 28.9 Å². The third kappa shape index (κ3) is 2.85. The molecule has 22 heavy (non-hydrogen) atoms. The minimum Gasteiger partial charge on any atom is -0.341 e. The Morgan fingerprint density at radius 3 is 2.68 bits per heavy atom. The van der Waals surface area contributed by atoms with Crippen molar-refractivity contribution in [3.05, 3.63) is 39.3 Å². The van der Waals surface area contributed by atoms with Crippen LogP contribution in [-0.4, -0.2) is 40.5 Å². The second kappa shape index (κ2) is 6.14. The maximum absolute atomic E-state index is 5.86. The number of aromatic nitrogens is 2. The van der Waals surface area contributed by atoms with E-state index in [1.54, 1.807) is 22.8 Å². The lowest BCUT2D eigenvalue weighted by Crippen LogP contribution is -2.46. The van der Waals surface area contributed by atoms with Crippen LogP contribution in [0.1, 0.15) is 23.3 Å². The zero-order chi connectivity index (χ0) is 14.9. The van der Waals surface area contributed by atoms with Gasteiger partial charge in [0.1, 0.15) is 0 Å². The molecule has 1 saturated heterocycles. The fourth-order valence-corrected chi connectivity index (χ4v) is 4.47. The van der Waals surface area contributed by atoms with Gasteiger partial charge in [0, 0.05) is 37.1 Å². The molecule has 0 aliphatic carbocycles. The largest absolute Gasteiger partial charge is 0.341 e. The Morgan fingerprint density at radius 2 is 1.91 bits per heavy atom. The number of rotatable bonds is 2. The van der Waals surface area contributed by atoms with Gasteiger partial charge in [0.05, 0.1) is 17.4 Å². The third-order valence-electron chi connectivity index (χ3n) is 4.71. The molecule has 1 fully saturated rings. The molecular weight excluding hydrogens is 316 g/mol. The van der Waals surface area contributed by atoms with Crippen LogP contribution in [0, 0.1) is 0 Å². The van der Waals surface area contributed by atoms with Gasteiger partial charge in [0.25, 0.3) is 0 Å². The van der Waals surface area contributed by atoms with Crippen molar-refractivity contribution in [3.8, 4) is 0 Å². The number of hydrogen-bond donors (Lipinski definition) is 0. The Morgan fingerprint density at radius 1 is 1.14 bits per heavy atom. The first-order valence-corrected chi connectivity index (χ1v) is 9.07. The number of piperidine rings is 1. The lowest BCUT2D eigenvalue weighted by atomic mass is 10.00. The van der Waals surface area contributed by atoms with Gasteiger partial charge in [0.2, 0.25) is 5.95 Å². The van der Waals surface area contributed by atoms with Crippen molar-refractivity contribution < 1.29 is 0 Å². The van der Waals surface area contributed by atoms with Crippen LogP contribution in [0.3, 0.4) is 0 Å². The molecule has 2 aromatic rings. The van der Waals surface area contributed by atoms with E-state index in [0.717, 1.165) is 25.6 Å². The molecular formula is C16H19ClN4S. The summed E-state index contributed by atoms with van der Waals surface area (Å²) in [4.78, 5) is 15.2. The normalized spacial score (nSPS) is 20.1. The second-order valence-electron chi connectivity index (χ2n) is 6.01. The fraction of sp³-hybridized carbons (Fsp3) is 0.500. The Bertz CT molecular complexity index is 634. The van der Waals surface area contributed by atoms with Gasteiger partial charge < -0.3 is 4.90 Å².